The second-order valence-corrected chi connectivity index (χ2v) is 4.74. The molecule has 3 fully saturated rings. The van der Waals surface area contributed by atoms with Crippen LogP contribution in [-0.4, -0.2) is 48.8 Å². The summed E-state index contributed by atoms with van der Waals surface area (Å²) in [6.07, 6.45) is 1.78. The molecule has 5 unspecified atom stereocenters. The van der Waals surface area contributed by atoms with Gasteiger partial charge in [-0.15, -0.1) is 0 Å². The standard InChI is InChI=1S/C11H17NO3/c1-3-12-7-4-6-5-8(13)15-11(9(6)12)10(7)14-2/h6-7,9-11H,3-5H2,1-2H3. The van der Waals surface area contributed by atoms with Crippen molar-refractivity contribution in [2.24, 2.45) is 5.92 Å². The zero-order chi connectivity index (χ0) is 10.6. The van der Waals surface area contributed by atoms with Crippen LogP contribution in [0.1, 0.15) is 19.8 Å². The summed E-state index contributed by atoms with van der Waals surface area (Å²) in [6, 6.07) is 0.885. The molecule has 3 rings (SSSR count). The zero-order valence-corrected chi connectivity index (χ0v) is 9.18. The number of methoxy groups -OCH3 is 1. The number of fused-ring (bicyclic) bond motifs is 1. The summed E-state index contributed by atoms with van der Waals surface area (Å²) in [7, 11) is 1.72. The third-order valence-electron chi connectivity index (χ3n) is 4.21. The van der Waals surface area contributed by atoms with Crippen molar-refractivity contribution in [2.75, 3.05) is 13.7 Å². The highest BCUT2D eigenvalue weighted by molar-refractivity contribution is 5.71. The van der Waals surface area contributed by atoms with Crippen LogP contribution in [0.4, 0.5) is 0 Å². The zero-order valence-electron chi connectivity index (χ0n) is 9.18. The van der Waals surface area contributed by atoms with E-state index in [-0.39, 0.29) is 18.2 Å². The number of likely N-dealkylation sites (N-methyl/N-ethyl adjacent to an activating group) is 1. The van der Waals surface area contributed by atoms with E-state index in [9.17, 15) is 4.79 Å². The van der Waals surface area contributed by atoms with Gasteiger partial charge in [0.15, 0.2) is 0 Å². The van der Waals surface area contributed by atoms with E-state index in [2.05, 4.69) is 11.8 Å². The molecule has 0 spiro atoms. The van der Waals surface area contributed by atoms with Gasteiger partial charge in [0.2, 0.25) is 0 Å². The average Bonchev–Trinajstić information content (AvgIpc) is 2.68. The van der Waals surface area contributed by atoms with Gasteiger partial charge in [-0.05, 0) is 18.9 Å². The van der Waals surface area contributed by atoms with Crippen LogP contribution in [0.5, 0.6) is 0 Å². The Kier molecular flexibility index (Phi) is 2.04. The number of carbonyl (C=O) groups excluding carboxylic acids is 1. The molecule has 0 saturated carbocycles. The Morgan fingerprint density at radius 1 is 1.60 bits per heavy atom. The van der Waals surface area contributed by atoms with Gasteiger partial charge in [-0.1, -0.05) is 6.92 Å². The second-order valence-electron chi connectivity index (χ2n) is 4.74. The molecular weight excluding hydrogens is 194 g/mol. The second kappa shape index (κ2) is 3.19. The number of nitrogens with zero attached hydrogens (tertiary/aromatic N) is 1. The third-order valence-corrected chi connectivity index (χ3v) is 4.21. The van der Waals surface area contributed by atoms with E-state index < -0.39 is 0 Å². The number of esters is 1. The van der Waals surface area contributed by atoms with Crippen LogP contribution in [0.25, 0.3) is 0 Å². The van der Waals surface area contributed by atoms with E-state index >= 15 is 0 Å². The lowest BCUT2D eigenvalue weighted by atomic mass is 9.81. The molecule has 0 aliphatic carbocycles. The van der Waals surface area contributed by atoms with Crippen molar-refractivity contribution in [1.82, 2.24) is 4.90 Å². The molecule has 0 aromatic carbocycles. The van der Waals surface area contributed by atoms with Gasteiger partial charge in [-0.3, -0.25) is 9.69 Å². The van der Waals surface area contributed by atoms with Gasteiger partial charge < -0.3 is 9.47 Å². The number of rotatable bonds is 2. The van der Waals surface area contributed by atoms with Crippen molar-refractivity contribution in [1.29, 1.82) is 0 Å². The summed E-state index contributed by atoms with van der Waals surface area (Å²) in [5.74, 6) is 0.465. The maximum atomic E-state index is 11.4. The molecule has 2 bridgehead atoms. The maximum absolute atomic E-state index is 11.4. The molecular formula is C11H17NO3. The summed E-state index contributed by atoms with van der Waals surface area (Å²) >= 11 is 0. The summed E-state index contributed by atoms with van der Waals surface area (Å²) in [5, 5.41) is 0. The molecule has 0 aromatic heterocycles. The number of hydrogen-bond acceptors (Lipinski definition) is 4. The normalized spacial score (nSPS) is 48.4. The lowest BCUT2D eigenvalue weighted by Crippen LogP contribution is -2.50. The minimum Gasteiger partial charge on any atom is -0.458 e. The number of carbonyl (C=O) groups is 1. The molecule has 3 aliphatic heterocycles. The first-order valence-electron chi connectivity index (χ1n) is 5.74. The van der Waals surface area contributed by atoms with Crippen LogP contribution in [0, 0.1) is 5.92 Å². The van der Waals surface area contributed by atoms with Gasteiger partial charge in [0.1, 0.15) is 12.2 Å². The minimum atomic E-state index is -0.0419. The van der Waals surface area contributed by atoms with Crippen molar-refractivity contribution in [3.63, 3.8) is 0 Å². The molecule has 3 aliphatic rings. The molecule has 84 valence electrons. The highest BCUT2D eigenvalue weighted by atomic mass is 16.6. The van der Waals surface area contributed by atoms with Gasteiger partial charge in [0, 0.05) is 13.2 Å². The molecule has 4 heteroatoms. The Hall–Kier alpha value is -0.610. The number of ether oxygens (including phenoxy) is 2. The summed E-state index contributed by atoms with van der Waals surface area (Å²) in [6.45, 7) is 3.20. The first-order valence-corrected chi connectivity index (χ1v) is 5.74. The highest BCUT2D eigenvalue weighted by Gasteiger charge is 2.61. The van der Waals surface area contributed by atoms with Crippen molar-refractivity contribution in [3.8, 4) is 0 Å². The van der Waals surface area contributed by atoms with Crippen LogP contribution >= 0.6 is 0 Å². The van der Waals surface area contributed by atoms with Gasteiger partial charge in [-0.2, -0.15) is 0 Å². The Balaban J connectivity index is 1.92. The van der Waals surface area contributed by atoms with E-state index in [4.69, 9.17) is 9.47 Å². The predicted molar refractivity (Wildman–Crippen MR) is 53.4 cm³/mol. The summed E-state index contributed by atoms with van der Waals surface area (Å²) in [4.78, 5) is 13.9. The fraction of sp³-hybridized carbons (Fsp3) is 0.909. The fourth-order valence-electron chi connectivity index (χ4n) is 3.76. The third kappa shape index (κ3) is 1.12. The molecule has 0 amide bonds. The molecule has 3 saturated heterocycles. The first-order chi connectivity index (χ1) is 7.26. The van der Waals surface area contributed by atoms with Crippen molar-refractivity contribution in [2.45, 2.75) is 44.1 Å². The van der Waals surface area contributed by atoms with E-state index in [0.29, 0.717) is 24.4 Å². The van der Waals surface area contributed by atoms with E-state index in [1.165, 1.54) is 0 Å². The molecule has 15 heavy (non-hydrogen) atoms. The Labute approximate surface area is 89.5 Å². The van der Waals surface area contributed by atoms with Crippen molar-refractivity contribution >= 4 is 5.97 Å². The number of hydrogen-bond donors (Lipinski definition) is 0. The molecule has 3 heterocycles. The quantitative estimate of drug-likeness (QED) is 0.620. The summed E-state index contributed by atoms with van der Waals surface area (Å²) < 4.78 is 10.9. The molecule has 4 nitrogen and oxygen atoms in total. The van der Waals surface area contributed by atoms with Gasteiger partial charge >= 0.3 is 5.97 Å². The topological polar surface area (TPSA) is 38.8 Å². The van der Waals surface area contributed by atoms with Gasteiger partial charge in [0.05, 0.1) is 12.5 Å². The molecule has 0 N–H and O–H groups in total. The molecule has 5 atom stereocenters. The van der Waals surface area contributed by atoms with Crippen molar-refractivity contribution in [3.05, 3.63) is 0 Å². The van der Waals surface area contributed by atoms with Crippen LogP contribution in [0.15, 0.2) is 0 Å². The largest absolute Gasteiger partial charge is 0.458 e. The highest BCUT2D eigenvalue weighted by Crippen LogP contribution is 2.48. The van der Waals surface area contributed by atoms with E-state index in [1.807, 2.05) is 0 Å². The van der Waals surface area contributed by atoms with Gasteiger partial charge in [-0.25, -0.2) is 0 Å². The predicted octanol–water partition coefficient (Wildman–Crippen LogP) is 0.409. The maximum Gasteiger partial charge on any atom is 0.306 e. The summed E-state index contributed by atoms with van der Waals surface area (Å²) in [5.41, 5.74) is 0. The van der Waals surface area contributed by atoms with Crippen LogP contribution in [0.2, 0.25) is 0 Å². The van der Waals surface area contributed by atoms with Crippen molar-refractivity contribution < 1.29 is 14.3 Å². The Bertz CT molecular complexity index is 294. The SMILES string of the molecule is CCN1C2CC3CC(=O)OC(C2OC)C31. The lowest BCUT2D eigenvalue weighted by molar-refractivity contribution is -0.169. The van der Waals surface area contributed by atoms with Crippen LogP contribution in [-0.2, 0) is 14.3 Å². The van der Waals surface area contributed by atoms with Gasteiger partial charge in [0.25, 0.3) is 0 Å². The van der Waals surface area contributed by atoms with Crippen LogP contribution in [0.3, 0.4) is 0 Å². The molecule has 0 aromatic rings. The van der Waals surface area contributed by atoms with E-state index in [0.717, 1.165) is 13.0 Å². The lowest BCUT2D eigenvalue weighted by Gasteiger charge is -2.37. The smallest absolute Gasteiger partial charge is 0.306 e. The Morgan fingerprint density at radius 3 is 3.07 bits per heavy atom. The average molecular weight is 211 g/mol. The first kappa shape index (κ1) is 9.60. The molecule has 0 radical (unpaired) electrons. The van der Waals surface area contributed by atoms with E-state index in [1.54, 1.807) is 7.11 Å². The monoisotopic (exact) mass is 211 g/mol. The Morgan fingerprint density at radius 2 is 2.40 bits per heavy atom. The van der Waals surface area contributed by atoms with Crippen LogP contribution < -0.4 is 0 Å². The fourth-order valence-corrected chi connectivity index (χ4v) is 3.76. The minimum absolute atomic E-state index is 0.0139.